The molecule has 2 heterocycles. The Morgan fingerprint density at radius 3 is 2.94 bits per heavy atom. The summed E-state index contributed by atoms with van der Waals surface area (Å²) in [5.74, 6) is 0. The molecule has 1 N–H and O–H groups in total. The van der Waals surface area contributed by atoms with Crippen molar-refractivity contribution in [2.24, 2.45) is 0 Å². The normalized spacial score (nSPS) is 13.1. The highest BCUT2D eigenvalue weighted by molar-refractivity contribution is 5.44. The molecule has 0 aliphatic heterocycles. The van der Waals surface area contributed by atoms with Gasteiger partial charge in [0.05, 0.1) is 5.69 Å². The molecule has 98 valence electrons. The fraction of sp³-hybridized carbons (Fsp3) is 0.538. The zero-order valence-corrected chi connectivity index (χ0v) is 11.2. The van der Waals surface area contributed by atoms with Gasteiger partial charge in [-0.3, -0.25) is 4.79 Å². The Labute approximate surface area is 106 Å². The maximum absolute atomic E-state index is 12.2. The van der Waals surface area contributed by atoms with Crippen LogP contribution in [0, 0.1) is 6.92 Å². The number of fused-ring (bicyclic) bond motifs is 1. The van der Waals surface area contributed by atoms with E-state index in [1.54, 1.807) is 9.08 Å². The van der Waals surface area contributed by atoms with Gasteiger partial charge in [-0.2, -0.15) is 5.10 Å². The molecular weight excluding hydrogens is 228 g/mol. The number of nitrogens with one attached hydrogen (secondary N) is 1. The maximum Gasteiger partial charge on any atom is 0.276 e. The second kappa shape index (κ2) is 5.35. The van der Waals surface area contributed by atoms with Crippen molar-refractivity contribution in [3.63, 3.8) is 0 Å². The molecule has 2 rings (SSSR count). The van der Waals surface area contributed by atoms with E-state index in [0.29, 0.717) is 11.6 Å². The summed E-state index contributed by atoms with van der Waals surface area (Å²) in [6, 6.07) is 2.32. The van der Waals surface area contributed by atoms with Crippen molar-refractivity contribution in [1.82, 2.24) is 19.5 Å². The molecule has 2 aromatic heterocycles. The van der Waals surface area contributed by atoms with Crippen molar-refractivity contribution in [2.75, 3.05) is 7.05 Å². The summed E-state index contributed by atoms with van der Waals surface area (Å²) in [7, 11) is 1.96. The van der Waals surface area contributed by atoms with Gasteiger partial charge in [-0.15, -0.1) is 0 Å². The van der Waals surface area contributed by atoms with Gasteiger partial charge in [-0.25, -0.2) is 4.52 Å². The summed E-state index contributed by atoms with van der Waals surface area (Å²) >= 11 is 0. The van der Waals surface area contributed by atoms with E-state index in [-0.39, 0.29) is 5.56 Å². The molecule has 0 bridgehead atoms. The predicted octanol–water partition coefficient (Wildman–Crippen LogP) is 1.19. The van der Waals surface area contributed by atoms with E-state index >= 15 is 0 Å². The number of rotatable bonds is 5. The van der Waals surface area contributed by atoms with Crippen LogP contribution in [0.3, 0.4) is 0 Å². The predicted molar refractivity (Wildman–Crippen MR) is 71.9 cm³/mol. The summed E-state index contributed by atoms with van der Waals surface area (Å²) in [5, 5.41) is 7.43. The Balaban J connectivity index is 2.14. The molecule has 5 heteroatoms. The molecule has 5 nitrogen and oxygen atoms in total. The standard InChI is InChI=1S/C13H20N4O/c1-10(14-3)5-4-6-16-7-8-17-12(13(16)18)9-11(2)15-17/h7-10,14H,4-6H2,1-3H3. The largest absolute Gasteiger partial charge is 0.317 e. The van der Waals surface area contributed by atoms with Gasteiger partial charge in [-0.05, 0) is 39.8 Å². The summed E-state index contributed by atoms with van der Waals surface area (Å²) in [6.07, 6.45) is 5.70. The highest BCUT2D eigenvalue weighted by Crippen LogP contribution is 2.02. The van der Waals surface area contributed by atoms with Crippen LogP contribution in [0.25, 0.3) is 5.52 Å². The topological polar surface area (TPSA) is 51.3 Å². The summed E-state index contributed by atoms with van der Waals surface area (Å²) < 4.78 is 3.41. The minimum absolute atomic E-state index is 0.0372. The molecule has 1 unspecified atom stereocenters. The second-order valence-corrected chi connectivity index (χ2v) is 4.74. The van der Waals surface area contributed by atoms with E-state index in [4.69, 9.17) is 0 Å². The van der Waals surface area contributed by atoms with E-state index in [0.717, 1.165) is 25.1 Å². The zero-order valence-electron chi connectivity index (χ0n) is 11.2. The van der Waals surface area contributed by atoms with E-state index in [1.807, 2.05) is 32.4 Å². The highest BCUT2D eigenvalue weighted by Gasteiger charge is 2.05. The number of hydrogen-bond donors (Lipinski definition) is 1. The number of nitrogens with zero attached hydrogens (tertiary/aromatic N) is 3. The Morgan fingerprint density at radius 2 is 2.22 bits per heavy atom. The fourth-order valence-corrected chi connectivity index (χ4v) is 2.04. The van der Waals surface area contributed by atoms with Crippen LogP contribution in [0.4, 0.5) is 0 Å². The van der Waals surface area contributed by atoms with Gasteiger partial charge in [0.25, 0.3) is 5.56 Å². The lowest BCUT2D eigenvalue weighted by Crippen LogP contribution is -2.24. The second-order valence-electron chi connectivity index (χ2n) is 4.74. The number of aromatic nitrogens is 3. The van der Waals surface area contributed by atoms with Crippen LogP contribution in [0.1, 0.15) is 25.5 Å². The van der Waals surface area contributed by atoms with E-state index < -0.39 is 0 Å². The van der Waals surface area contributed by atoms with Crippen LogP contribution < -0.4 is 10.9 Å². The van der Waals surface area contributed by atoms with Crippen molar-refractivity contribution < 1.29 is 0 Å². The minimum atomic E-state index is 0.0372. The SMILES string of the molecule is CNC(C)CCCn1ccn2nc(C)cc2c1=O. The molecule has 1 atom stereocenters. The summed E-state index contributed by atoms with van der Waals surface area (Å²) in [4.78, 5) is 12.2. The molecule has 0 saturated heterocycles. The Hall–Kier alpha value is -1.62. The van der Waals surface area contributed by atoms with Crippen LogP contribution in [0.15, 0.2) is 23.3 Å². The molecule has 0 spiro atoms. The zero-order chi connectivity index (χ0) is 13.1. The quantitative estimate of drug-likeness (QED) is 0.865. The molecule has 0 radical (unpaired) electrons. The first kappa shape index (κ1) is 12.8. The molecule has 0 amide bonds. The van der Waals surface area contributed by atoms with Gasteiger partial charge in [0.15, 0.2) is 0 Å². The average molecular weight is 248 g/mol. The first-order valence-corrected chi connectivity index (χ1v) is 6.34. The lowest BCUT2D eigenvalue weighted by Gasteiger charge is -2.10. The van der Waals surface area contributed by atoms with Crippen LogP contribution in [0.2, 0.25) is 0 Å². The molecule has 0 aliphatic carbocycles. The van der Waals surface area contributed by atoms with Gasteiger partial charge in [0.1, 0.15) is 5.52 Å². The molecule has 0 aliphatic rings. The smallest absolute Gasteiger partial charge is 0.276 e. The molecular formula is C13H20N4O. The van der Waals surface area contributed by atoms with E-state index in [1.165, 1.54) is 0 Å². The third kappa shape index (κ3) is 2.61. The molecule has 0 saturated carbocycles. The van der Waals surface area contributed by atoms with Crippen molar-refractivity contribution in [1.29, 1.82) is 0 Å². The number of hydrogen-bond acceptors (Lipinski definition) is 3. The first-order chi connectivity index (χ1) is 8.61. The molecule has 0 aromatic carbocycles. The van der Waals surface area contributed by atoms with Gasteiger partial charge in [0.2, 0.25) is 0 Å². The first-order valence-electron chi connectivity index (χ1n) is 6.34. The van der Waals surface area contributed by atoms with Crippen LogP contribution in [0.5, 0.6) is 0 Å². The third-order valence-corrected chi connectivity index (χ3v) is 3.25. The van der Waals surface area contributed by atoms with Gasteiger partial charge >= 0.3 is 0 Å². The van der Waals surface area contributed by atoms with Gasteiger partial charge in [0, 0.05) is 25.0 Å². The maximum atomic E-state index is 12.2. The van der Waals surface area contributed by atoms with Crippen LogP contribution in [-0.4, -0.2) is 27.3 Å². The lowest BCUT2D eigenvalue weighted by atomic mass is 10.2. The molecule has 18 heavy (non-hydrogen) atoms. The molecule has 0 fully saturated rings. The monoisotopic (exact) mass is 248 g/mol. The highest BCUT2D eigenvalue weighted by atomic mass is 16.1. The van der Waals surface area contributed by atoms with E-state index in [2.05, 4.69) is 17.3 Å². The van der Waals surface area contributed by atoms with Gasteiger partial charge < -0.3 is 9.88 Å². The van der Waals surface area contributed by atoms with Crippen LogP contribution in [-0.2, 0) is 6.54 Å². The van der Waals surface area contributed by atoms with Gasteiger partial charge in [-0.1, -0.05) is 0 Å². The van der Waals surface area contributed by atoms with Crippen LogP contribution >= 0.6 is 0 Å². The third-order valence-electron chi connectivity index (χ3n) is 3.25. The Morgan fingerprint density at radius 1 is 1.44 bits per heavy atom. The molecule has 2 aromatic rings. The lowest BCUT2D eigenvalue weighted by molar-refractivity contribution is 0.501. The van der Waals surface area contributed by atoms with Crippen molar-refractivity contribution >= 4 is 5.52 Å². The van der Waals surface area contributed by atoms with Crippen molar-refractivity contribution in [3.8, 4) is 0 Å². The van der Waals surface area contributed by atoms with E-state index in [9.17, 15) is 4.79 Å². The average Bonchev–Trinajstić information content (AvgIpc) is 2.73. The number of aryl methyl sites for hydroxylation is 2. The van der Waals surface area contributed by atoms with Crippen molar-refractivity contribution in [3.05, 3.63) is 34.5 Å². The van der Waals surface area contributed by atoms with Crippen molar-refractivity contribution in [2.45, 2.75) is 39.3 Å². The Bertz CT molecular complexity index is 584. The minimum Gasteiger partial charge on any atom is -0.317 e. The summed E-state index contributed by atoms with van der Waals surface area (Å²) in [6.45, 7) is 4.79. The fourth-order valence-electron chi connectivity index (χ4n) is 2.04. The summed E-state index contributed by atoms with van der Waals surface area (Å²) in [5.41, 5.74) is 1.56. The Kier molecular flexibility index (Phi) is 3.81.